The van der Waals surface area contributed by atoms with Gasteiger partial charge in [-0.05, 0) is 141 Å². The first-order chi connectivity index (χ1) is 34.8. The molecule has 0 unspecified atom stereocenters. The summed E-state index contributed by atoms with van der Waals surface area (Å²) in [6.45, 7) is 33.1. The third kappa shape index (κ3) is 11.9. The van der Waals surface area contributed by atoms with Gasteiger partial charge in [-0.15, -0.1) is 0 Å². The van der Waals surface area contributed by atoms with Crippen LogP contribution in [-0.2, 0) is 27.1 Å². The van der Waals surface area contributed by atoms with E-state index in [0.717, 1.165) is 37.6 Å². The van der Waals surface area contributed by atoms with Crippen LogP contribution in [0.2, 0.25) is 0 Å². The van der Waals surface area contributed by atoms with Gasteiger partial charge in [-0.1, -0.05) is 285 Å². The summed E-state index contributed by atoms with van der Waals surface area (Å²) in [5, 5.41) is 0. The molecule has 8 aromatic carbocycles. The maximum atomic E-state index is 12.0. The first-order valence-electron chi connectivity index (χ1n) is 26.1. The number of hydrogen-bond acceptors (Lipinski definition) is 1. The molecule has 3 aliphatic carbocycles. The Bertz CT molecular complexity index is 3320. The van der Waals surface area contributed by atoms with E-state index in [1.807, 2.05) is 42.5 Å². The fourth-order valence-corrected chi connectivity index (χ4v) is 11.8. The Kier molecular flexibility index (Phi) is 18.7. The molecule has 0 heterocycles. The summed E-state index contributed by atoms with van der Waals surface area (Å²) in [6, 6.07) is 59.5. The number of benzene rings is 8. The first-order valence-corrected chi connectivity index (χ1v) is 28.5. The Morgan fingerprint density at radius 1 is 0.395 bits per heavy atom. The molecule has 5 heteroatoms. The zero-order valence-electron chi connectivity index (χ0n) is 46.8. The van der Waals surface area contributed by atoms with E-state index in [1.54, 1.807) is 0 Å². The second-order valence-electron chi connectivity index (χ2n) is 24.2. The molecule has 1 spiro atoms. The largest absolute Gasteiger partial charge is 1.00 e. The van der Waals surface area contributed by atoms with Crippen molar-refractivity contribution in [3.63, 3.8) is 0 Å². The van der Waals surface area contributed by atoms with Crippen molar-refractivity contribution < 1.29 is 23.7 Å². The Hall–Kier alpha value is -4.53. The van der Waals surface area contributed by atoms with Gasteiger partial charge in [0.05, 0.1) is 5.41 Å². The fourth-order valence-electron chi connectivity index (χ4n) is 10.5. The van der Waals surface area contributed by atoms with Crippen molar-refractivity contribution in [2.24, 2.45) is 0 Å². The molecule has 0 fully saturated rings. The van der Waals surface area contributed by atoms with Gasteiger partial charge >= 0.3 is 18.9 Å². The van der Waals surface area contributed by atoms with E-state index in [1.165, 1.54) is 88.8 Å². The molecule has 3 aliphatic rings. The van der Waals surface area contributed by atoms with Crippen molar-refractivity contribution >= 4 is 53.6 Å². The van der Waals surface area contributed by atoms with Gasteiger partial charge in [-0.3, -0.25) is 4.79 Å². The van der Waals surface area contributed by atoms with Crippen molar-refractivity contribution in [1.29, 1.82) is 0 Å². The molecule has 0 radical (unpaired) electrons. The quantitative estimate of drug-likeness (QED) is 0.125. The maximum absolute atomic E-state index is 12.0. The van der Waals surface area contributed by atoms with Crippen LogP contribution in [0.4, 0.5) is 0 Å². The average molecular weight is 1190 g/mol. The van der Waals surface area contributed by atoms with Gasteiger partial charge in [0.25, 0.3) is 0 Å². The summed E-state index contributed by atoms with van der Waals surface area (Å²) in [5.74, 6) is 0.127. The van der Waals surface area contributed by atoms with Gasteiger partial charge in [0.2, 0.25) is 0 Å². The van der Waals surface area contributed by atoms with E-state index in [2.05, 4.69) is 266 Å². The summed E-state index contributed by atoms with van der Waals surface area (Å²) in [5.41, 5.74) is 23.0. The van der Waals surface area contributed by atoms with Gasteiger partial charge in [-0.25, -0.2) is 0 Å². The van der Waals surface area contributed by atoms with Crippen molar-refractivity contribution in [2.75, 3.05) is 0 Å². The third-order valence-corrected chi connectivity index (χ3v) is 16.5. The number of hydrogen-bond donors (Lipinski definition) is 0. The van der Waals surface area contributed by atoms with Crippen LogP contribution in [0.1, 0.15) is 171 Å². The molecule has 0 saturated carbocycles. The number of rotatable bonds is 2. The molecule has 8 aromatic rings. The van der Waals surface area contributed by atoms with E-state index in [0.29, 0.717) is 0 Å². The summed E-state index contributed by atoms with van der Waals surface area (Å²) < 4.78 is 3.24. The molecular weight excluding hydrogens is 1120 g/mol. The summed E-state index contributed by atoms with van der Waals surface area (Å²) in [4.78, 5) is 12.0. The van der Waals surface area contributed by atoms with Crippen LogP contribution in [0.25, 0.3) is 44.5 Å². The monoisotopic (exact) mass is 1190 g/mol. The van der Waals surface area contributed by atoms with E-state index < -0.39 is 0 Å². The van der Waals surface area contributed by atoms with Gasteiger partial charge in [0.15, 0.2) is 5.78 Å². The molecule has 1 nitrogen and oxygen atoms in total. The van der Waals surface area contributed by atoms with Crippen molar-refractivity contribution in [3.05, 3.63) is 240 Å². The van der Waals surface area contributed by atoms with Crippen LogP contribution >= 0.6 is 47.8 Å². The first kappa shape index (κ1) is 60.7. The van der Waals surface area contributed by atoms with Crippen molar-refractivity contribution in [2.45, 2.75) is 137 Å². The standard InChI is InChI=1S/C33H31Br.C20H25Br.C13H7BrO.C4H9.CH4.Li/c1-31(2,3)20-11-14-24-25-15-12-21(32(4,5)6)18-29(25)33(28(24)17-20)27-10-8-7-9-23(27)26-16-13-22(34)19-30(26)33;1-19(2,3)15-9-7-14(8-10-15)17-12-11-16(13-18(17)21)20(4,5)6;14-8-5-6-10-9-3-1-2-4-11(9)13(15)12(10)7-8;1-3-4-2;;/h7-19H,1-6H3;7-13H,1-6H3;1-7H;1,3-4H2,2H3;1H4;/q;;;-1;;+1. The van der Waals surface area contributed by atoms with Crippen LogP contribution in [0.3, 0.4) is 0 Å². The predicted octanol–water partition coefficient (Wildman–Crippen LogP) is 19.0. The summed E-state index contributed by atoms with van der Waals surface area (Å²) >= 11 is 10.9. The SMILES string of the molecule is C.CC(C)(C)c1ccc(-c2ccc(C(C)(C)C)cc2Br)cc1.CC(C)(C)c1ccc2c(c1)C1(c3ccccc3-c3ccc(Br)cc31)c1cc(C(C)(C)C)ccc1-2.O=C1c2ccccc2-c2ccc(Br)cc21.[CH2-]CCC.[Li+]. The van der Waals surface area contributed by atoms with Crippen LogP contribution in [-0.4, -0.2) is 5.78 Å². The Labute approximate surface area is 494 Å². The van der Waals surface area contributed by atoms with Crippen LogP contribution in [0.15, 0.2) is 177 Å². The topological polar surface area (TPSA) is 17.1 Å². The number of carbonyl (C=O) groups excluding carboxylic acids is 1. The molecule has 11 rings (SSSR count). The molecule has 0 bridgehead atoms. The third-order valence-electron chi connectivity index (χ3n) is 14.8. The normalized spacial score (nSPS) is 13.1. The Morgan fingerprint density at radius 3 is 1.22 bits per heavy atom. The van der Waals surface area contributed by atoms with Gasteiger partial charge in [0, 0.05) is 24.5 Å². The summed E-state index contributed by atoms with van der Waals surface area (Å²) in [6.07, 6.45) is 2.28. The molecule has 0 atom stereocenters. The Balaban J connectivity index is 0.000000191. The van der Waals surface area contributed by atoms with Crippen LogP contribution < -0.4 is 18.9 Å². The molecule has 0 aliphatic heterocycles. The minimum atomic E-state index is -0.303. The summed E-state index contributed by atoms with van der Waals surface area (Å²) in [7, 11) is 0. The van der Waals surface area contributed by atoms with E-state index >= 15 is 0 Å². The Morgan fingerprint density at radius 2 is 0.750 bits per heavy atom. The maximum Gasteiger partial charge on any atom is 1.00 e. The van der Waals surface area contributed by atoms with Crippen LogP contribution in [0, 0.1) is 6.92 Å². The molecule has 388 valence electrons. The molecular formula is C71H76Br3LiO. The van der Waals surface area contributed by atoms with Crippen molar-refractivity contribution in [1.82, 2.24) is 0 Å². The van der Waals surface area contributed by atoms with Gasteiger partial charge in [-0.2, -0.15) is 6.42 Å². The molecule has 0 aromatic heterocycles. The number of halogens is 3. The minimum Gasteiger partial charge on any atom is -0.343 e. The fraction of sp³-hybridized carbons (Fsp3) is 0.296. The zero-order chi connectivity index (χ0) is 53.7. The van der Waals surface area contributed by atoms with Gasteiger partial charge < -0.3 is 6.92 Å². The van der Waals surface area contributed by atoms with Crippen molar-refractivity contribution in [3.8, 4) is 44.5 Å². The minimum absolute atomic E-state index is 0. The predicted molar refractivity (Wildman–Crippen MR) is 335 cm³/mol. The molecule has 76 heavy (non-hydrogen) atoms. The molecule has 0 N–H and O–H groups in total. The number of ketones is 1. The van der Waals surface area contributed by atoms with E-state index in [9.17, 15) is 4.79 Å². The molecule has 0 amide bonds. The van der Waals surface area contributed by atoms with Crippen LogP contribution in [0.5, 0.6) is 0 Å². The number of unbranched alkanes of at least 4 members (excludes halogenated alkanes) is 1. The van der Waals surface area contributed by atoms with E-state index in [-0.39, 0.29) is 59.1 Å². The van der Waals surface area contributed by atoms with Gasteiger partial charge in [0.1, 0.15) is 0 Å². The second kappa shape index (κ2) is 23.4. The second-order valence-corrected chi connectivity index (χ2v) is 26.9. The zero-order valence-corrected chi connectivity index (χ0v) is 51.5. The smallest absolute Gasteiger partial charge is 0.343 e. The number of carbonyl (C=O) groups is 1. The van der Waals surface area contributed by atoms with E-state index in [4.69, 9.17) is 0 Å². The number of fused-ring (bicyclic) bond motifs is 13. The average Bonchev–Trinajstić information content (AvgIpc) is 3.95. The molecule has 0 saturated heterocycles.